The zero-order valence-electron chi connectivity index (χ0n) is 8.51. The maximum Gasteiger partial charge on any atom is 0.128 e. The highest BCUT2D eigenvalue weighted by atomic mass is 15.1. The SMILES string of the molecule is C=CC1=C(N=C)N[C@H](C(C)C)CC1.[HH]. The summed E-state index contributed by atoms with van der Waals surface area (Å²) in [7, 11) is 0. The lowest BCUT2D eigenvalue weighted by Crippen LogP contribution is -2.36. The van der Waals surface area contributed by atoms with Crippen LogP contribution in [0.5, 0.6) is 0 Å². The van der Waals surface area contributed by atoms with Crippen LogP contribution in [0, 0.1) is 5.92 Å². The molecule has 0 saturated carbocycles. The number of hydrogen-bond acceptors (Lipinski definition) is 2. The molecule has 0 aromatic heterocycles. The van der Waals surface area contributed by atoms with Crippen LogP contribution >= 0.6 is 0 Å². The van der Waals surface area contributed by atoms with Gasteiger partial charge in [-0.3, -0.25) is 0 Å². The van der Waals surface area contributed by atoms with E-state index in [2.05, 4.69) is 37.5 Å². The molecule has 2 heteroatoms. The van der Waals surface area contributed by atoms with E-state index in [1.807, 2.05) is 6.08 Å². The molecule has 1 aliphatic rings. The first-order valence-corrected chi connectivity index (χ1v) is 4.78. The number of aliphatic imine (C=N–C) groups is 1. The summed E-state index contributed by atoms with van der Waals surface area (Å²) >= 11 is 0. The van der Waals surface area contributed by atoms with E-state index < -0.39 is 0 Å². The Morgan fingerprint density at radius 2 is 2.38 bits per heavy atom. The van der Waals surface area contributed by atoms with Gasteiger partial charge in [-0.2, -0.15) is 0 Å². The van der Waals surface area contributed by atoms with Crippen LogP contribution < -0.4 is 5.32 Å². The predicted octanol–water partition coefficient (Wildman–Crippen LogP) is 2.74. The zero-order chi connectivity index (χ0) is 9.84. The van der Waals surface area contributed by atoms with Gasteiger partial charge in [0.15, 0.2) is 0 Å². The third-order valence-electron chi connectivity index (χ3n) is 2.56. The first-order chi connectivity index (χ1) is 6.19. The largest absolute Gasteiger partial charge is 0.367 e. The fraction of sp³-hybridized carbons (Fsp3) is 0.545. The Bertz CT molecular complexity index is 244. The molecule has 2 nitrogen and oxygen atoms in total. The van der Waals surface area contributed by atoms with Crippen molar-refractivity contribution in [3.63, 3.8) is 0 Å². The van der Waals surface area contributed by atoms with E-state index in [9.17, 15) is 0 Å². The zero-order valence-corrected chi connectivity index (χ0v) is 8.51. The van der Waals surface area contributed by atoms with E-state index in [1.54, 1.807) is 0 Å². The Kier molecular flexibility index (Phi) is 3.29. The van der Waals surface area contributed by atoms with Gasteiger partial charge in [-0.25, -0.2) is 4.99 Å². The highest BCUT2D eigenvalue weighted by molar-refractivity contribution is 5.34. The molecule has 0 fully saturated rings. The van der Waals surface area contributed by atoms with Crippen LogP contribution in [-0.2, 0) is 0 Å². The maximum absolute atomic E-state index is 3.98. The highest BCUT2D eigenvalue weighted by Crippen LogP contribution is 2.23. The van der Waals surface area contributed by atoms with Crippen LogP contribution in [0.4, 0.5) is 0 Å². The highest BCUT2D eigenvalue weighted by Gasteiger charge is 2.20. The number of allylic oxidation sites excluding steroid dienone is 2. The number of rotatable bonds is 3. The Hall–Kier alpha value is -1.05. The standard InChI is InChI=1S/C11H18N2.H2/c1-5-9-6-7-10(8(2)3)13-11(9)12-4;/h5,8,10,13H,1,4,6-7H2,2-3H3;1H/t10-;/m0./s1. The smallest absolute Gasteiger partial charge is 0.128 e. The van der Waals surface area contributed by atoms with Gasteiger partial charge in [0.05, 0.1) is 0 Å². The van der Waals surface area contributed by atoms with Gasteiger partial charge in [-0.05, 0) is 31.1 Å². The topological polar surface area (TPSA) is 24.4 Å². The van der Waals surface area contributed by atoms with E-state index in [-0.39, 0.29) is 1.43 Å². The summed E-state index contributed by atoms with van der Waals surface area (Å²) in [6.45, 7) is 11.8. The summed E-state index contributed by atoms with van der Waals surface area (Å²) in [6.07, 6.45) is 4.10. The molecule has 0 aromatic carbocycles. The van der Waals surface area contributed by atoms with Crippen LogP contribution in [0.25, 0.3) is 0 Å². The van der Waals surface area contributed by atoms with Gasteiger partial charge in [0.1, 0.15) is 5.82 Å². The third kappa shape index (κ3) is 2.20. The molecular formula is C11H20N2. The van der Waals surface area contributed by atoms with Crippen molar-refractivity contribution in [2.75, 3.05) is 0 Å². The molecule has 1 rings (SSSR count). The van der Waals surface area contributed by atoms with Crippen molar-refractivity contribution < 1.29 is 1.43 Å². The Balaban J connectivity index is 0.00000169. The minimum atomic E-state index is 0. The fourth-order valence-corrected chi connectivity index (χ4v) is 1.62. The predicted molar refractivity (Wildman–Crippen MR) is 59.9 cm³/mol. The molecule has 0 unspecified atom stereocenters. The summed E-state index contributed by atoms with van der Waals surface area (Å²) < 4.78 is 0. The van der Waals surface area contributed by atoms with E-state index >= 15 is 0 Å². The summed E-state index contributed by atoms with van der Waals surface area (Å²) in [5, 5.41) is 3.38. The molecule has 1 aliphatic heterocycles. The summed E-state index contributed by atoms with van der Waals surface area (Å²) in [5.41, 5.74) is 1.19. The molecule has 1 atom stereocenters. The van der Waals surface area contributed by atoms with Crippen LogP contribution in [-0.4, -0.2) is 12.8 Å². The Morgan fingerprint density at radius 1 is 1.69 bits per heavy atom. The van der Waals surface area contributed by atoms with Crippen molar-refractivity contribution in [3.8, 4) is 0 Å². The lowest BCUT2D eigenvalue weighted by atomic mass is 9.93. The number of nitrogens with zero attached hydrogens (tertiary/aromatic N) is 1. The molecule has 1 N–H and O–H groups in total. The molecule has 0 aromatic rings. The molecule has 1 heterocycles. The van der Waals surface area contributed by atoms with Gasteiger partial charge in [-0.1, -0.05) is 26.5 Å². The minimum Gasteiger partial charge on any atom is -0.367 e. The van der Waals surface area contributed by atoms with Crippen LogP contribution in [0.3, 0.4) is 0 Å². The van der Waals surface area contributed by atoms with Crippen molar-refractivity contribution in [2.45, 2.75) is 32.7 Å². The van der Waals surface area contributed by atoms with Gasteiger partial charge in [0, 0.05) is 7.47 Å². The molecule has 0 bridgehead atoms. The quantitative estimate of drug-likeness (QED) is 0.663. The Morgan fingerprint density at radius 3 is 2.85 bits per heavy atom. The molecule has 13 heavy (non-hydrogen) atoms. The summed E-state index contributed by atoms with van der Waals surface area (Å²) in [4.78, 5) is 3.98. The van der Waals surface area contributed by atoms with Crippen LogP contribution in [0.2, 0.25) is 0 Å². The number of hydrogen-bond donors (Lipinski definition) is 1. The molecule has 0 radical (unpaired) electrons. The molecule has 74 valence electrons. The molecule has 0 aliphatic carbocycles. The molecule has 0 spiro atoms. The van der Waals surface area contributed by atoms with E-state index in [0.29, 0.717) is 12.0 Å². The van der Waals surface area contributed by atoms with E-state index in [4.69, 9.17) is 0 Å². The second-order valence-electron chi connectivity index (χ2n) is 3.77. The molecule has 0 amide bonds. The molecular weight excluding hydrogens is 160 g/mol. The normalized spacial score (nSPS) is 22.8. The van der Waals surface area contributed by atoms with Crippen molar-refractivity contribution >= 4 is 6.72 Å². The van der Waals surface area contributed by atoms with Gasteiger partial charge >= 0.3 is 0 Å². The summed E-state index contributed by atoms with van der Waals surface area (Å²) in [5.74, 6) is 1.56. The van der Waals surface area contributed by atoms with Crippen LogP contribution in [0.15, 0.2) is 29.0 Å². The van der Waals surface area contributed by atoms with Crippen molar-refractivity contribution in [1.82, 2.24) is 5.32 Å². The second-order valence-corrected chi connectivity index (χ2v) is 3.77. The van der Waals surface area contributed by atoms with Crippen molar-refractivity contribution in [2.24, 2.45) is 10.9 Å². The minimum absolute atomic E-state index is 0. The number of nitrogens with one attached hydrogen (secondary N) is 1. The van der Waals surface area contributed by atoms with Gasteiger partial charge < -0.3 is 5.32 Å². The average Bonchev–Trinajstić information content (AvgIpc) is 2.16. The average molecular weight is 180 g/mol. The maximum atomic E-state index is 3.98. The second kappa shape index (κ2) is 4.26. The lowest BCUT2D eigenvalue weighted by molar-refractivity contribution is 0.387. The lowest BCUT2D eigenvalue weighted by Gasteiger charge is -2.29. The monoisotopic (exact) mass is 180 g/mol. The van der Waals surface area contributed by atoms with Gasteiger partial charge in [-0.15, -0.1) is 0 Å². The first-order valence-electron chi connectivity index (χ1n) is 4.78. The first kappa shape index (κ1) is 10.0. The van der Waals surface area contributed by atoms with E-state index in [0.717, 1.165) is 18.7 Å². The van der Waals surface area contributed by atoms with Crippen LogP contribution in [0.1, 0.15) is 28.1 Å². The van der Waals surface area contributed by atoms with Crippen molar-refractivity contribution in [1.29, 1.82) is 0 Å². The van der Waals surface area contributed by atoms with Gasteiger partial charge in [0.25, 0.3) is 0 Å². The Labute approximate surface area is 81.9 Å². The van der Waals surface area contributed by atoms with Gasteiger partial charge in [0.2, 0.25) is 0 Å². The van der Waals surface area contributed by atoms with E-state index in [1.165, 1.54) is 5.57 Å². The fourth-order valence-electron chi connectivity index (χ4n) is 1.62. The third-order valence-corrected chi connectivity index (χ3v) is 2.56. The molecule has 0 saturated heterocycles. The summed E-state index contributed by atoms with van der Waals surface area (Å²) in [6, 6.07) is 0.532. The van der Waals surface area contributed by atoms with Crippen molar-refractivity contribution in [3.05, 3.63) is 24.0 Å².